The zero-order valence-corrected chi connectivity index (χ0v) is 10.5. The van der Waals surface area contributed by atoms with E-state index in [1.165, 1.54) is 44.9 Å². The average molecular weight is 220 g/mol. The van der Waals surface area contributed by atoms with Crippen LogP contribution in [0.2, 0.25) is 0 Å². The van der Waals surface area contributed by atoms with Gasteiger partial charge in [0.15, 0.2) is 0 Å². The molecule has 3 saturated carbocycles. The topological polar surface area (TPSA) is 17.1 Å². The first-order valence-corrected chi connectivity index (χ1v) is 7.21. The summed E-state index contributed by atoms with van der Waals surface area (Å²) in [5.41, 5.74) is 0.639. The number of Topliss-reactive ketones (excluding diaryl/α,β-unsaturated/α-hetero) is 1. The second-order valence-corrected chi connectivity index (χ2v) is 6.75. The minimum atomic E-state index is 0.542. The van der Waals surface area contributed by atoms with Crippen molar-refractivity contribution in [1.29, 1.82) is 0 Å². The van der Waals surface area contributed by atoms with Gasteiger partial charge in [-0.25, -0.2) is 0 Å². The lowest BCUT2D eigenvalue weighted by Crippen LogP contribution is -2.45. The minimum absolute atomic E-state index is 0.542. The van der Waals surface area contributed by atoms with Crippen LogP contribution in [0.3, 0.4) is 0 Å². The molecule has 0 aromatic heterocycles. The van der Waals surface area contributed by atoms with Crippen molar-refractivity contribution in [1.82, 2.24) is 0 Å². The van der Waals surface area contributed by atoms with Gasteiger partial charge in [0.1, 0.15) is 5.78 Å². The van der Waals surface area contributed by atoms with Crippen molar-refractivity contribution in [3.63, 3.8) is 0 Å². The van der Waals surface area contributed by atoms with E-state index in [1.807, 2.05) is 0 Å². The summed E-state index contributed by atoms with van der Waals surface area (Å²) in [6.07, 6.45) is 11.5. The number of carbonyl (C=O) groups is 1. The standard InChI is InChI=1S/C15H24O/c1-15-8-3-2-4-14(15)13-6-5-12(16)10-11(13)7-9-15/h11,13-14H,2-10H2,1H3. The highest BCUT2D eigenvalue weighted by atomic mass is 16.1. The summed E-state index contributed by atoms with van der Waals surface area (Å²) < 4.78 is 0. The van der Waals surface area contributed by atoms with Crippen molar-refractivity contribution in [3.8, 4) is 0 Å². The smallest absolute Gasteiger partial charge is 0.133 e. The van der Waals surface area contributed by atoms with E-state index in [0.717, 1.165) is 30.6 Å². The van der Waals surface area contributed by atoms with Crippen LogP contribution >= 0.6 is 0 Å². The van der Waals surface area contributed by atoms with E-state index in [2.05, 4.69) is 6.92 Å². The zero-order valence-electron chi connectivity index (χ0n) is 10.5. The van der Waals surface area contributed by atoms with Gasteiger partial charge in [0.2, 0.25) is 0 Å². The van der Waals surface area contributed by atoms with Gasteiger partial charge in [-0.15, -0.1) is 0 Å². The molecule has 1 heteroatoms. The molecule has 16 heavy (non-hydrogen) atoms. The molecule has 0 spiro atoms. The van der Waals surface area contributed by atoms with Crippen LogP contribution in [0.4, 0.5) is 0 Å². The predicted octanol–water partition coefficient (Wildman–Crippen LogP) is 3.96. The van der Waals surface area contributed by atoms with Gasteiger partial charge in [-0.05, 0) is 55.3 Å². The average Bonchev–Trinajstić information content (AvgIpc) is 2.28. The van der Waals surface area contributed by atoms with Crippen LogP contribution in [0.1, 0.15) is 64.7 Å². The Morgan fingerprint density at radius 1 is 1.12 bits per heavy atom. The maximum atomic E-state index is 11.6. The molecule has 3 aliphatic carbocycles. The summed E-state index contributed by atoms with van der Waals surface area (Å²) in [5.74, 6) is 3.16. The van der Waals surface area contributed by atoms with Crippen molar-refractivity contribution < 1.29 is 4.79 Å². The van der Waals surface area contributed by atoms with E-state index >= 15 is 0 Å². The Kier molecular flexibility index (Phi) is 2.60. The summed E-state index contributed by atoms with van der Waals surface area (Å²) in [7, 11) is 0. The molecule has 0 aromatic rings. The molecular formula is C15H24O. The molecule has 90 valence electrons. The van der Waals surface area contributed by atoms with Gasteiger partial charge in [-0.3, -0.25) is 4.79 Å². The molecule has 3 aliphatic rings. The fourth-order valence-electron chi connectivity index (χ4n) is 4.94. The van der Waals surface area contributed by atoms with Crippen molar-refractivity contribution in [3.05, 3.63) is 0 Å². The Morgan fingerprint density at radius 3 is 2.88 bits per heavy atom. The second kappa shape index (κ2) is 3.85. The summed E-state index contributed by atoms with van der Waals surface area (Å²) in [4.78, 5) is 11.6. The van der Waals surface area contributed by atoms with Gasteiger partial charge in [0.05, 0.1) is 0 Å². The molecule has 0 aliphatic heterocycles. The molecule has 0 heterocycles. The lowest BCUT2D eigenvalue weighted by molar-refractivity contribution is -0.127. The highest BCUT2D eigenvalue weighted by Crippen LogP contribution is 2.57. The van der Waals surface area contributed by atoms with E-state index < -0.39 is 0 Å². The Bertz CT molecular complexity index is 296. The van der Waals surface area contributed by atoms with Crippen LogP contribution in [0.5, 0.6) is 0 Å². The summed E-state index contributed by atoms with van der Waals surface area (Å²) in [6.45, 7) is 2.53. The lowest BCUT2D eigenvalue weighted by Gasteiger charge is -2.53. The fourth-order valence-corrected chi connectivity index (χ4v) is 4.94. The molecular weight excluding hydrogens is 196 g/mol. The number of hydrogen-bond donors (Lipinski definition) is 0. The van der Waals surface area contributed by atoms with Gasteiger partial charge in [-0.2, -0.15) is 0 Å². The monoisotopic (exact) mass is 220 g/mol. The van der Waals surface area contributed by atoms with Gasteiger partial charge in [0.25, 0.3) is 0 Å². The fraction of sp³-hybridized carbons (Fsp3) is 0.933. The lowest BCUT2D eigenvalue weighted by atomic mass is 9.51. The second-order valence-electron chi connectivity index (χ2n) is 6.75. The normalized spacial score (nSPS) is 48.3. The van der Waals surface area contributed by atoms with Crippen LogP contribution < -0.4 is 0 Å². The van der Waals surface area contributed by atoms with Crippen LogP contribution in [0.15, 0.2) is 0 Å². The summed E-state index contributed by atoms with van der Waals surface area (Å²) >= 11 is 0. The van der Waals surface area contributed by atoms with E-state index in [0.29, 0.717) is 11.2 Å². The SMILES string of the molecule is CC12CCCCC1C1CCC(=O)CC1CC2. The molecule has 0 N–H and O–H groups in total. The Hall–Kier alpha value is -0.330. The van der Waals surface area contributed by atoms with Crippen LogP contribution in [-0.4, -0.2) is 5.78 Å². The van der Waals surface area contributed by atoms with E-state index in [-0.39, 0.29) is 0 Å². The number of ketones is 1. The molecule has 0 saturated heterocycles. The number of carbonyl (C=O) groups excluding carboxylic acids is 1. The third kappa shape index (κ3) is 1.63. The first-order chi connectivity index (χ1) is 7.69. The summed E-state index contributed by atoms with van der Waals surface area (Å²) in [5, 5.41) is 0. The summed E-state index contributed by atoms with van der Waals surface area (Å²) in [6, 6.07) is 0. The number of rotatable bonds is 0. The van der Waals surface area contributed by atoms with Gasteiger partial charge in [-0.1, -0.05) is 19.8 Å². The molecule has 1 nitrogen and oxygen atoms in total. The van der Waals surface area contributed by atoms with E-state index in [1.54, 1.807) is 0 Å². The van der Waals surface area contributed by atoms with Crippen molar-refractivity contribution >= 4 is 5.78 Å². The van der Waals surface area contributed by atoms with Crippen LogP contribution in [-0.2, 0) is 4.79 Å². The first-order valence-electron chi connectivity index (χ1n) is 7.21. The first kappa shape index (κ1) is 10.8. The van der Waals surface area contributed by atoms with Crippen molar-refractivity contribution in [2.24, 2.45) is 23.2 Å². The maximum absolute atomic E-state index is 11.6. The maximum Gasteiger partial charge on any atom is 0.133 e. The van der Waals surface area contributed by atoms with Crippen molar-refractivity contribution in [2.75, 3.05) is 0 Å². The van der Waals surface area contributed by atoms with Crippen LogP contribution in [0.25, 0.3) is 0 Å². The van der Waals surface area contributed by atoms with Gasteiger partial charge in [0, 0.05) is 12.8 Å². The molecule has 0 bridgehead atoms. The molecule has 3 fully saturated rings. The quantitative estimate of drug-likeness (QED) is 0.604. The highest BCUT2D eigenvalue weighted by Gasteiger charge is 2.48. The van der Waals surface area contributed by atoms with E-state index in [4.69, 9.17) is 0 Å². The van der Waals surface area contributed by atoms with Crippen LogP contribution in [0, 0.1) is 23.2 Å². The molecule has 3 rings (SSSR count). The molecule has 0 amide bonds. The zero-order chi connectivity index (χ0) is 11.2. The Morgan fingerprint density at radius 2 is 2.00 bits per heavy atom. The van der Waals surface area contributed by atoms with Crippen molar-refractivity contribution in [2.45, 2.75) is 64.7 Å². The molecule has 4 atom stereocenters. The number of hydrogen-bond acceptors (Lipinski definition) is 1. The Labute approximate surface area is 99.0 Å². The molecule has 0 radical (unpaired) electrons. The third-order valence-corrected chi connectivity index (χ3v) is 5.86. The largest absolute Gasteiger partial charge is 0.300 e. The molecule has 4 unspecified atom stereocenters. The Balaban J connectivity index is 1.81. The van der Waals surface area contributed by atoms with Gasteiger partial charge >= 0.3 is 0 Å². The van der Waals surface area contributed by atoms with Gasteiger partial charge < -0.3 is 0 Å². The minimum Gasteiger partial charge on any atom is -0.300 e. The third-order valence-electron chi connectivity index (χ3n) is 5.86. The highest BCUT2D eigenvalue weighted by molar-refractivity contribution is 5.79. The van der Waals surface area contributed by atoms with E-state index in [9.17, 15) is 4.79 Å². The predicted molar refractivity (Wildman–Crippen MR) is 65.1 cm³/mol. The number of fused-ring (bicyclic) bond motifs is 3. The molecule has 0 aromatic carbocycles.